The maximum Gasteiger partial charge on any atom is 0.223 e. The van der Waals surface area contributed by atoms with Crippen molar-refractivity contribution >= 4 is 17.5 Å². The first-order valence-corrected chi connectivity index (χ1v) is 5.66. The highest BCUT2D eigenvalue weighted by Gasteiger charge is 2.10. The Balaban J connectivity index is 2.41. The number of halogens is 2. The van der Waals surface area contributed by atoms with Gasteiger partial charge < -0.3 is 5.73 Å². The van der Waals surface area contributed by atoms with Crippen LogP contribution in [0.4, 0.5) is 10.3 Å². The summed E-state index contributed by atoms with van der Waals surface area (Å²) in [6.07, 6.45) is 1.67. The van der Waals surface area contributed by atoms with E-state index in [4.69, 9.17) is 17.3 Å². The molecule has 0 fully saturated rings. The first-order valence-electron chi connectivity index (χ1n) is 5.28. The second-order valence-electron chi connectivity index (χ2n) is 3.65. The van der Waals surface area contributed by atoms with Gasteiger partial charge in [0, 0.05) is 12.5 Å². The largest absolute Gasteiger partial charge is 0.368 e. The van der Waals surface area contributed by atoms with Gasteiger partial charge in [-0.2, -0.15) is 9.67 Å². The topological polar surface area (TPSA) is 56.7 Å². The van der Waals surface area contributed by atoms with E-state index in [1.807, 2.05) is 6.92 Å². The van der Waals surface area contributed by atoms with Crippen LogP contribution in [0.2, 0.25) is 5.02 Å². The third-order valence-electron chi connectivity index (χ3n) is 2.30. The molecule has 0 unspecified atom stereocenters. The molecule has 90 valence electrons. The molecule has 0 amide bonds. The lowest BCUT2D eigenvalue weighted by molar-refractivity contribution is 0.626. The van der Waals surface area contributed by atoms with E-state index in [0.29, 0.717) is 11.5 Å². The van der Waals surface area contributed by atoms with E-state index in [1.54, 1.807) is 6.07 Å². The van der Waals surface area contributed by atoms with Crippen molar-refractivity contribution in [3.8, 4) is 5.69 Å². The van der Waals surface area contributed by atoms with E-state index in [1.165, 1.54) is 16.8 Å². The lowest BCUT2D eigenvalue weighted by atomic mass is 10.3. The molecule has 6 heteroatoms. The summed E-state index contributed by atoms with van der Waals surface area (Å²) < 4.78 is 14.7. The van der Waals surface area contributed by atoms with Crippen molar-refractivity contribution in [1.29, 1.82) is 0 Å². The molecule has 0 bridgehead atoms. The first-order chi connectivity index (χ1) is 8.11. The number of aromatic nitrogens is 3. The van der Waals surface area contributed by atoms with E-state index < -0.39 is 5.82 Å². The molecular weight excluding hydrogens is 243 g/mol. The maximum atomic E-state index is 13.3. The average molecular weight is 255 g/mol. The minimum atomic E-state index is -0.504. The van der Waals surface area contributed by atoms with E-state index in [2.05, 4.69) is 10.1 Å². The summed E-state index contributed by atoms with van der Waals surface area (Å²) in [5.74, 6) is 0.395. The number of hydrogen-bond acceptors (Lipinski definition) is 3. The van der Waals surface area contributed by atoms with Crippen LogP contribution >= 0.6 is 11.6 Å². The normalized spacial score (nSPS) is 10.8. The van der Waals surface area contributed by atoms with E-state index >= 15 is 0 Å². The molecule has 0 atom stereocenters. The quantitative estimate of drug-likeness (QED) is 0.916. The van der Waals surface area contributed by atoms with E-state index in [9.17, 15) is 4.39 Å². The summed E-state index contributed by atoms with van der Waals surface area (Å²) in [5, 5.41) is 4.28. The van der Waals surface area contributed by atoms with Crippen LogP contribution in [0.3, 0.4) is 0 Å². The maximum absolute atomic E-state index is 13.3. The second kappa shape index (κ2) is 4.71. The minimum absolute atomic E-state index is 0.0706. The van der Waals surface area contributed by atoms with Gasteiger partial charge in [-0.1, -0.05) is 18.5 Å². The zero-order valence-corrected chi connectivity index (χ0v) is 10.1. The fourth-order valence-electron chi connectivity index (χ4n) is 1.50. The summed E-state index contributed by atoms with van der Waals surface area (Å²) >= 11 is 5.61. The third kappa shape index (κ3) is 2.39. The average Bonchev–Trinajstić information content (AvgIpc) is 2.64. The number of nitrogens with zero attached hydrogens (tertiary/aromatic N) is 3. The van der Waals surface area contributed by atoms with Crippen LogP contribution in [-0.4, -0.2) is 14.8 Å². The molecule has 2 rings (SSSR count). The minimum Gasteiger partial charge on any atom is -0.368 e. The van der Waals surface area contributed by atoms with E-state index in [0.717, 1.165) is 12.8 Å². The standard InChI is InChI=1S/C11H12ClFN4/c1-2-3-10-15-11(14)17(16-10)7-4-5-8(12)9(13)6-7/h4-6H,2-3H2,1H3,(H2,14,15,16). The number of nitrogens with two attached hydrogens (primary N) is 1. The van der Waals surface area contributed by atoms with Gasteiger partial charge in [-0.15, -0.1) is 5.10 Å². The number of rotatable bonds is 3. The summed E-state index contributed by atoms with van der Waals surface area (Å²) in [7, 11) is 0. The molecule has 0 aliphatic carbocycles. The Labute approximate surface area is 103 Å². The van der Waals surface area contributed by atoms with Crippen LogP contribution in [0.15, 0.2) is 18.2 Å². The molecule has 4 nitrogen and oxygen atoms in total. The highest BCUT2D eigenvalue weighted by molar-refractivity contribution is 6.30. The zero-order chi connectivity index (χ0) is 12.4. The van der Waals surface area contributed by atoms with Gasteiger partial charge in [-0.25, -0.2) is 4.39 Å². The molecule has 2 N–H and O–H groups in total. The fraction of sp³-hybridized carbons (Fsp3) is 0.273. The summed E-state index contributed by atoms with van der Waals surface area (Å²) in [6.45, 7) is 2.03. The van der Waals surface area contributed by atoms with Crippen LogP contribution in [0, 0.1) is 5.82 Å². The Morgan fingerprint density at radius 2 is 2.24 bits per heavy atom. The number of aryl methyl sites for hydroxylation is 1. The summed E-state index contributed by atoms with van der Waals surface area (Å²) in [4.78, 5) is 4.10. The predicted molar refractivity (Wildman–Crippen MR) is 64.7 cm³/mol. The molecule has 0 saturated heterocycles. The number of nitrogen functional groups attached to an aromatic ring is 1. The van der Waals surface area contributed by atoms with Gasteiger partial charge >= 0.3 is 0 Å². The Bertz CT molecular complexity index is 538. The lowest BCUT2D eigenvalue weighted by Crippen LogP contribution is -2.02. The number of anilines is 1. The molecule has 1 heterocycles. The fourth-order valence-corrected chi connectivity index (χ4v) is 1.62. The van der Waals surface area contributed by atoms with Crippen LogP contribution in [0.1, 0.15) is 19.2 Å². The molecule has 1 aromatic heterocycles. The molecule has 2 aromatic rings. The molecule has 0 radical (unpaired) electrons. The molecular formula is C11H12ClFN4. The monoisotopic (exact) mass is 254 g/mol. The SMILES string of the molecule is CCCc1nc(N)n(-c2ccc(Cl)c(F)c2)n1. The summed E-state index contributed by atoms with van der Waals surface area (Å²) in [6, 6.07) is 4.39. The highest BCUT2D eigenvalue weighted by Crippen LogP contribution is 2.19. The number of benzene rings is 1. The molecule has 0 aliphatic rings. The Morgan fingerprint density at radius 3 is 2.88 bits per heavy atom. The van der Waals surface area contributed by atoms with Crippen LogP contribution < -0.4 is 5.73 Å². The molecule has 0 saturated carbocycles. The molecule has 0 spiro atoms. The zero-order valence-electron chi connectivity index (χ0n) is 9.32. The lowest BCUT2D eigenvalue weighted by Gasteiger charge is -2.03. The smallest absolute Gasteiger partial charge is 0.223 e. The van der Waals surface area contributed by atoms with Crippen molar-refractivity contribution in [3.05, 3.63) is 34.9 Å². The predicted octanol–water partition coefficient (Wildman–Crippen LogP) is 2.59. The Morgan fingerprint density at radius 1 is 1.47 bits per heavy atom. The van der Waals surface area contributed by atoms with Gasteiger partial charge in [0.15, 0.2) is 5.82 Å². The van der Waals surface area contributed by atoms with Gasteiger partial charge in [0.25, 0.3) is 0 Å². The van der Waals surface area contributed by atoms with Gasteiger partial charge in [0.1, 0.15) is 5.82 Å². The van der Waals surface area contributed by atoms with Crippen molar-refractivity contribution in [2.75, 3.05) is 5.73 Å². The Hall–Kier alpha value is -1.62. The first kappa shape index (κ1) is 11.9. The van der Waals surface area contributed by atoms with Crippen molar-refractivity contribution in [2.45, 2.75) is 19.8 Å². The van der Waals surface area contributed by atoms with Crippen LogP contribution in [-0.2, 0) is 6.42 Å². The van der Waals surface area contributed by atoms with Crippen LogP contribution in [0.25, 0.3) is 5.69 Å². The van der Waals surface area contributed by atoms with Crippen molar-refractivity contribution in [3.63, 3.8) is 0 Å². The molecule has 0 aliphatic heterocycles. The molecule has 1 aromatic carbocycles. The summed E-state index contributed by atoms with van der Waals surface area (Å²) in [5.41, 5.74) is 6.24. The Kier molecular flexibility index (Phi) is 3.28. The second-order valence-corrected chi connectivity index (χ2v) is 4.05. The van der Waals surface area contributed by atoms with Gasteiger partial charge in [-0.3, -0.25) is 0 Å². The van der Waals surface area contributed by atoms with Crippen LogP contribution in [0.5, 0.6) is 0 Å². The third-order valence-corrected chi connectivity index (χ3v) is 2.60. The molecule has 17 heavy (non-hydrogen) atoms. The van der Waals surface area contributed by atoms with Crippen molar-refractivity contribution < 1.29 is 4.39 Å². The van der Waals surface area contributed by atoms with Crippen molar-refractivity contribution in [2.24, 2.45) is 0 Å². The van der Waals surface area contributed by atoms with Crippen molar-refractivity contribution in [1.82, 2.24) is 14.8 Å². The van der Waals surface area contributed by atoms with Gasteiger partial charge in [0.2, 0.25) is 5.95 Å². The van der Waals surface area contributed by atoms with Gasteiger partial charge in [0.05, 0.1) is 10.7 Å². The highest BCUT2D eigenvalue weighted by atomic mass is 35.5. The number of hydrogen-bond donors (Lipinski definition) is 1. The van der Waals surface area contributed by atoms with E-state index in [-0.39, 0.29) is 11.0 Å². The van der Waals surface area contributed by atoms with Gasteiger partial charge in [-0.05, 0) is 18.6 Å².